The van der Waals surface area contributed by atoms with Crippen LogP contribution in [0.15, 0.2) is 0 Å². The van der Waals surface area contributed by atoms with E-state index in [1.807, 2.05) is 27.7 Å². The molecule has 0 radical (unpaired) electrons. The Morgan fingerprint density at radius 3 is 1.00 bits per heavy atom. The second-order valence-electron chi connectivity index (χ2n) is 2.23. The van der Waals surface area contributed by atoms with Crippen molar-refractivity contribution >= 4 is 9.05 Å². The van der Waals surface area contributed by atoms with E-state index in [0.717, 1.165) is 0 Å². The van der Waals surface area contributed by atoms with E-state index in [9.17, 15) is 0 Å². The van der Waals surface area contributed by atoms with Gasteiger partial charge in [0.25, 0.3) is 0 Å². The van der Waals surface area contributed by atoms with Crippen molar-refractivity contribution in [1.29, 1.82) is 0 Å². The fourth-order valence-corrected chi connectivity index (χ4v) is 2.87. The van der Waals surface area contributed by atoms with Crippen molar-refractivity contribution in [1.82, 2.24) is 6.15 Å². The summed E-state index contributed by atoms with van der Waals surface area (Å²) in [6.07, 6.45) is 0. The Hall–Kier alpha value is 0.0169. The van der Waals surface area contributed by atoms with Gasteiger partial charge in [-0.2, -0.15) is 0 Å². The van der Waals surface area contributed by atoms with E-state index in [0.29, 0.717) is 26.4 Å². The molecule has 0 aromatic rings. The molecular formula is C8H23NO4Si. The van der Waals surface area contributed by atoms with Crippen LogP contribution in [0.25, 0.3) is 0 Å². The average Bonchev–Trinajstić information content (AvgIpc) is 2.06. The molecule has 0 atom stereocenters. The Kier molecular flexibility index (Phi) is 11.2. The lowest BCUT2D eigenvalue weighted by Crippen LogP contribution is -2.49. The lowest BCUT2D eigenvalue weighted by atomic mass is 10.9. The van der Waals surface area contributed by atoms with E-state index in [2.05, 4.69) is 0 Å². The first kappa shape index (κ1) is 16.4. The van der Waals surface area contributed by atoms with Crippen molar-refractivity contribution in [2.75, 3.05) is 26.4 Å². The lowest BCUT2D eigenvalue weighted by molar-refractivity contribution is -0.0247. The van der Waals surface area contributed by atoms with Crippen LogP contribution in [0.5, 0.6) is 0 Å². The van der Waals surface area contributed by atoms with Crippen molar-refractivity contribution < 1.29 is 17.7 Å². The van der Waals surface area contributed by atoms with Crippen LogP contribution in [0.3, 0.4) is 0 Å². The van der Waals surface area contributed by atoms with Crippen LogP contribution in [0.1, 0.15) is 27.7 Å². The summed E-state index contributed by atoms with van der Waals surface area (Å²) in [5, 5.41) is 0. The van der Waals surface area contributed by atoms with Gasteiger partial charge in [0, 0.05) is 26.4 Å². The molecule has 0 aliphatic carbocycles. The van der Waals surface area contributed by atoms with E-state index in [-0.39, 0.29) is 6.15 Å². The van der Waals surface area contributed by atoms with Crippen LogP contribution in [-0.4, -0.2) is 35.5 Å². The minimum absolute atomic E-state index is 0. The van der Waals surface area contributed by atoms with Gasteiger partial charge < -0.3 is 23.9 Å². The fraction of sp³-hybridized carbons (Fsp3) is 1.00. The summed E-state index contributed by atoms with van der Waals surface area (Å²) in [4.78, 5) is 0. The minimum atomic E-state index is -2.80. The molecule has 88 valence electrons. The predicted octanol–water partition coefficient (Wildman–Crippen LogP) is 1.73. The van der Waals surface area contributed by atoms with Gasteiger partial charge in [0.05, 0.1) is 0 Å². The molecule has 0 aromatic carbocycles. The van der Waals surface area contributed by atoms with Gasteiger partial charge >= 0.3 is 9.05 Å². The van der Waals surface area contributed by atoms with Crippen molar-refractivity contribution in [3.63, 3.8) is 0 Å². The third-order valence-corrected chi connectivity index (χ3v) is 3.85. The van der Waals surface area contributed by atoms with Crippen molar-refractivity contribution in [3.05, 3.63) is 0 Å². The molecule has 6 heteroatoms. The maximum atomic E-state index is 5.42. The van der Waals surface area contributed by atoms with E-state index >= 15 is 0 Å². The highest BCUT2D eigenvalue weighted by atomic mass is 28.4. The van der Waals surface area contributed by atoms with Gasteiger partial charge in [-0.1, -0.05) is 0 Å². The topological polar surface area (TPSA) is 71.9 Å². The van der Waals surface area contributed by atoms with E-state index in [1.165, 1.54) is 0 Å². The smallest absolute Gasteiger partial charge is 0.351 e. The van der Waals surface area contributed by atoms with Crippen LogP contribution >= 0.6 is 0 Å². The Morgan fingerprint density at radius 2 is 0.857 bits per heavy atom. The molecular weight excluding hydrogens is 202 g/mol. The summed E-state index contributed by atoms with van der Waals surface area (Å²) >= 11 is 0. The largest absolute Gasteiger partial charge is 0.679 e. The zero-order valence-electron chi connectivity index (χ0n) is 9.67. The molecule has 3 N–H and O–H groups in total. The second kappa shape index (κ2) is 9.57. The maximum Gasteiger partial charge on any atom is 0.679 e. The normalized spacial score (nSPS) is 11.1. The molecule has 5 nitrogen and oxygen atoms in total. The number of hydrogen-bond donors (Lipinski definition) is 1. The van der Waals surface area contributed by atoms with E-state index in [1.54, 1.807) is 0 Å². The van der Waals surface area contributed by atoms with Crippen molar-refractivity contribution in [2.45, 2.75) is 27.7 Å². The zero-order chi connectivity index (χ0) is 10.2. The summed E-state index contributed by atoms with van der Waals surface area (Å²) in [7, 11) is -2.80. The summed E-state index contributed by atoms with van der Waals surface area (Å²) in [6.45, 7) is 9.80. The summed E-state index contributed by atoms with van der Waals surface area (Å²) < 4.78 is 21.7. The minimum Gasteiger partial charge on any atom is -0.351 e. The van der Waals surface area contributed by atoms with Crippen molar-refractivity contribution in [2.24, 2.45) is 0 Å². The summed E-state index contributed by atoms with van der Waals surface area (Å²) in [5.41, 5.74) is 0. The highest BCUT2D eigenvalue weighted by molar-refractivity contribution is 6.53. The van der Waals surface area contributed by atoms with Crippen LogP contribution in [0.4, 0.5) is 0 Å². The highest BCUT2D eigenvalue weighted by Crippen LogP contribution is 2.11. The zero-order valence-corrected chi connectivity index (χ0v) is 10.7. The molecule has 0 rings (SSSR count). The molecule has 0 spiro atoms. The third-order valence-electron chi connectivity index (χ3n) is 1.28. The lowest BCUT2D eigenvalue weighted by Gasteiger charge is -2.26. The van der Waals surface area contributed by atoms with Gasteiger partial charge in [0.15, 0.2) is 0 Å². The van der Waals surface area contributed by atoms with Gasteiger partial charge in [0.2, 0.25) is 0 Å². The molecule has 0 fully saturated rings. The quantitative estimate of drug-likeness (QED) is 0.637. The monoisotopic (exact) mass is 225 g/mol. The summed E-state index contributed by atoms with van der Waals surface area (Å²) in [5.74, 6) is 0. The molecule has 0 aliphatic rings. The van der Waals surface area contributed by atoms with Gasteiger partial charge in [-0.05, 0) is 27.7 Å². The van der Waals surface area contributed by atoms with Gasteiger partial charge in [-0.15, -0.1) is 0 Å². The van der Waals surface area contributed by atoms with Crippen LogP contribution in [0.2, 0.25) is 0 Å². The second-order valence-corrected chi connectivity index (χ2v) is 4.39. The molecule has 0 amide bonds. The SMILES string of the molecule is CCO[Si](OCC)(OCC)OCC.N. The van der Waals surface area contributed by atoms with Gasteiger partial charge in [-0.25, -0.2) is 0 Å². The van der Waals surface area contributed by atoms with Crippen molar-refractivity contribution in [3.8, 4) is 0 Å². The standard InChI is InChI=1S/C8H20O4Si.H3N/c1-5-9-13(10-6-2,11-7-3)12-8-4;/h5-8H2,1-4H3;1H3. The van der Waals surface area contributed by atoms with Gasteiger partial charge in [0.1, 0.15) is 0 Å². The average molecular weight is 225 g/mol. The first-order chi connectivity index (χ1) is 6.24. The summed E-state index contributed by atoms with van der Waals surface area (Å²) in [6, 6.07) is 0. The Labute approximate surface area is 87.8 Å². The Balaban J connectivity index is 0. The molecule has 0 aliphatic heterocycles. The third kappa shape index (κ3) is 5.69. The Bertz CT molecular complexity index is 96.4. The van der Waals surface area contributed by atoms with Gasteiger partial charge in [-0.3, -0.25) is 0 Å². The molecule has 0 unspecified atom stereocenters. The first-order valence-corrected chi connectivity index (χ1v) is 6.43. The molecule has 14 heavy (non-hydrogen) atoms. The van der Waals surface area contributed by atoms with Crippen LogP contribution in [-0.2, 0) is 17.7 Å². The number of hydrogen-bond acceptors (Lipinski definition) is 5. The molecule has 0 saturated carbocycles. The molecule has 0 bridgehead atoms. The molecule has 0 aromatic heterocycles. The predicted molar refractivity (Wildman–Crippen MR) is 57.3 cm³/mol. The molecule has 0 saturated heterocycles. The van der Waals surface area contributed by atoms with Crippen LogP contribution in [0, 0.1) is 0 Å². The maximum absolute atomic E-state index is 5.42. The highest BCUT2D eigenvalue weighted by Gasteiger charge is 2.44. The Morgan fingerprint density at radius 1 is 0.643 bits per heavy atom. The van der Waals surface area contributed by atoms with E-state index in [4.69, 9.17) is 17.7 Å². The molecule has 0 heterocycles. The first-order valence-electron chi connectivity index (χ1n) is 4.80. The fourth-order valence-electron chi connectivity index (χ4n) is 0.957. The van der Waals surface area contributed by atoms with Crippen LogP contribution < -0.4 is 6.15 Å². The van der Waals surface area contributed by atoms with E-state index < -0.39 is 9.05 Å². The number of rotatable bonds is 8.